The van der Waals surface area contributed by atoms with E-state index in [9.17, 15) is 4.79 Å². The lowest BCUT2D eigenvalue weighted by Gasteiger charge is -2.32. The summed E-state index contributed by atoms with van der Waals surface area (Å²) in [5, 5.41) is 4.76. The number of carbonyl (C=O) groups is 1. The molecule has 3 aromatic rings. The summed E-state index contributed by atoms with van der Waals surface area (Å²) in [6, 6.07) is 18.7. The first-order valence-corrected chi connectivity index (χ1v) is 10.8. The largest absolute Gasteiger partial charge is 0.341 e. The fourth-order valence-electron chi connectivity index (χ4n) is 4.49. The van der Waals surface area contributed by atoms with Crippen LogP contribution in [0.2, 0.25) is 0 Å². The van der Waals surface area contributed by atoms with E-state index in [0.717, 1.165) is 48.8 Å². The van der Waals surface area contributed by atoms with Crippen molar-refractivity contribution in [1.82, 2.24) is 14.9 Å². The monoisotopic (exact) mass is 418 g/mol. The number of benzene rings is 2. The highest BCUT2D eigenvalue weighted by molar-refractivity contribution is 5.92. The Kier molecular flexibility index (Phi) is 6.52. The Morgan fingerprint density at radius 3 is 2.48 bits per heavy atom. The molecule has 7 nitrogen and oxygen atoms in total. The predicted octanol–water partition coefficient (Wildman–Crippen LogP) is 2.40. The van der Waals surface area contributed by atoms with E-state index in [1.54, 1.807) is 0 Å². The lowest BCUT2D eigenvalue weighted by atomic mass is 9.90. The van der Waals surface area contributed by atoms with E-state index in [2.05, 4.69) is 40.9 Å². The quantitative estimate of drug-likeness (QED) is 0.248. The van der Waals surface area contributed by atoms with Gasteiger partial charge in [-0.3, -0.25) is 4.79 Å². The molecule has 2 heterocycles. The Labute approximate surface area is 182 Å². The molecule has 0 saturated carbocycles. The standard InChI is InChI=1S/C24H30N6O/c25-27-23(28-26)15-20-16-30(22-9-5-4-8-21(20)22)17-24(31)29-12-10-19(11-13-29)14-18-6-2-1-3-7-18/h1-9,16,19H,10-15,17,25-26H2,(H,27,28). The molecule has 0 bridgehead atoms. The Balaban J connectivity index is 1.41. The molecule has 0 unspecified atom stereocenters. The van der Waals surface area contributed by atoms with Crippen molar-refractivity contribution in [3.8, 4) is 0 Å². The van der Waals surface area contributed by atoms with Crippen molar-refractivity contribution in [1.29, 1.82) is 0 Å². The highest BCUT2D eigenvalue weighted by atomic mass is 16.2. The summed E-state index contributed by atoms with van der Waals surface area (Å²) in [4.78, 5) is 15.1. The zero-order valence-electron chi connectivity index (χ0n) is 17.7. The smallest absolute Gasteiger partial charge is 0.242 e. The van der Waals surface area contributed by atoms with Crippen molar-refractivity contribution in [3.05, 3.63) is 71.9 Å². The molecule has 1 fully saturated rings. The van der Waals surface area contributed by atoms with Crippen molar-refractivity contribution in [2.75, 3.05) is 13.1 Å². The number of fused-ring (bicyclic) bond motifs is 1. The number of nitrogens with two attached hydrogens (primary N) is 2. The first-order chi connectivity index (χ1) is 15.2. The van der Waals surface area contributed by atoms with Crippen LogP contribution in [-0.4, -0.2) is 34.3 Å². The molecule has 5 N–H and O–H groups in total. The second-order valence-corrected chi connectivity index (χ2v) is 8.21. The maximum absolute atomic E-state index is 13.0. The van der Waals surface area contributed by atoms with Crippen molar-refractivity contribution < 1.29 is 4.79 Å². The summed E-state index contributed by atoms with van der Waals surface area (Å²) in [7, 11) is 0. The van der Waals surface area contributed by atoms with Gasteiger partial charge in [-0.15, -0.1) is 0 Å². The van der Waals surface area contributed by atoms with E-state index >= 15 is 0 Å². The molecular formula is C24H30N6O. The van der Waals surface area contributed by atoms with Gasteiger partial charge in [-0.1, -0.05) is 48.5 Å². The van der Waals surface area contributed by atoms with Crippen molar-refractivity contribution in [3.63, 3.8) is 0 Å². The topological polar surface area (TPSA) is 102 Å². The Hall–Kier alpha value is -3.32. The third-order valence-electron chi connectivity index (χ3n) is 6.19. The number of piperidine rings is 1. The van der Waals surface area contributed by atoms with Crippen LogP contribution < -0.4 is 17.1 Å². The molecule has 0 spiro atoms. The number of nitrogens with one attached hydrogen (secondary N) is 1. The molecule has 7 heteroatoms. The molecule has 2 aromatic carbocycles. The molecule has 1 aliphatic rings. The van der Waals surface area contributed by atoms with E-state index in [4.69, 9.17) is 11.7 Å². The molecule has 1 saturated heterocycles. The van der Waals surface area contributed by atoms with Gasteiger partial charge in [-0.25, -0.2) is 5.84 Å². The van der Waals surface area contributed by atoms with Crippen molar-refractivity contribution >= 4 is 22.6 Å². The first-order valence-electron chi connectivity index (χ1n) is 10.8. The van der Waals surface area contributed by atoms with E-state index in [0.29, 0.717) is 24.7 Å². The summed E-state index contributed by atoms with van der Waals surface area (Å²) in [6.45, 7) is 1.97. The summed E-state index contributed by atoms with van der Waals surface area (Å²) >= 11 is 0. The van der Waals surface area contributed by atoms with E-state index < -0.39 is 0 Å². The summed E-state index contributed by atoms with van der Waals surface area (Å²) < 4.78 is 2.02. The molecule has 1 aliphatic heterocycles. The molecule has 0 radical (unpaired) electrons. The van der Waals surface area contributed by atoms with Gasteiger partial charge in [0, 0.05) is 36.6 Å². The second-order valence-electron chi connectivity index (χ2n) is 8.21. The number of nitrogens with zero attached hydrogens (tertiary/aromatic N) is 3. The lowest BCUT2D eigenvalue weighted by Crippen LogP contribution is -2.40. The van der Waals surface area contributed by atoms with E-state index in [1.807, 2.05) is 39.9 Å². The van der Waals surface area contributed by atoms with Crippen LogP contribution >= 0.6 is 0 Å². The average Bonchev–Trinajstić information content (AvgIpc) is 3.15. The van der Waals surface area contributed by atoms with Gasteiger partial charge < -0.3 is 20.7 Å². The number of aromatic nitrogens is 1. The molecular weight excluding hydrogens is 388 g/mol. The SMILES string of the molecule is N/N=C(/Cc1cn(CC(=O)N2CCC(Cc3ccccc3)CC2)c2ccccc12)NN. The van der Waals surface area contributed by atoms with Gasteiger partial charge in [0.25, 0.3) is 0 Å². The molecule has 1 aromatic heterocycles. The van der Waals surface area contributed by atoms with Gasteiger partial charge >= 0.3 is 0 Å². The Morgan fingerprint density at radius 1 is 1.06 bits per heavy atom. The van der Waals surface area contributed by atoms with Crippen LogP contribution in [0.25, 0.3) is 10.9 Å². The molecule has 1 amide bonds. The zero-order chi connectivity index (χ0) is 21.6. The zero-order valence-corrected chi connectivity index (χ0v) is 17.7. The minimum Gasteiger partial charge on any atom is -0.341 e. The minimum absolute atomic E-state index is 0.162. The van der Waals surface area contributed by atoms with Crippen LogP contribution in [0.3, 0.4) is 0 Å². The highest BCUT2D eigenvalue weighted by Crippen LogP contribution is 2.24. The first kappa shape index (κ1) is 20.9. The van der Waals surface area contributed by atoms with Gasteiger partial charge in [-0.2, -0.15) is 5.10 Å². The summed E-state index contributed by atoms with van der Waals surface area (Å²) in [5.74, 6) is 12.2. The van der Waals surface area contributed by atoms with Crippen LogP contribution in [0.15, 0.2) is 65.9 Å². The van der Waals surface area contributed by atoms with Gasteiger partial charge in [0.2, 0.25) is 5.91 Å². The number of likely N-dealkylation sites (tertiary alicyclic amines) is 1. The number of carbonyl (C=O) groups excluding carboxylic acids is 1. The number of hydrazine groups is 1. The number of para-hydroxylation sites is 1. The van der Waals surface area contributed by atoms with E-state index in [-0.39, 0.29) is 5.91 Å². The third-order valence-corrected chi connectivity index (χ3v) is 6.19. The maximum atomic E-state index is 13.0. The number of hydrazone groups is 1. The van der Waals surface area contributed by atoms with Gasteiger partial charge in [0.15, 0.2) is 0 Å². The number of hydrogen-bond donors (Lipinski definition) is 3. The van der Waals surface area contributed by atoms with Crippen LogP contribution in [0.5, 0.6) is 0 Å². The number of rotatable bonds is 6. The van der Waals surface area contributed by atoms with Crippen LogP contribution in [0.4, 0.5) is 0 Å². The average molecular weight is 419 g/mol. The molecule has 4 rings (SSSR count). The summed E-state index contributed by atoms with van der Waals surface area (Å²) in [6.07, 6.45) is 5.69. The number of amidine groups is 1. The van der Waals surface area contributed by atoms with Gasteiger partial charge in [0.05, 0.1) is 0 Å². The lowest BCUT2D eigenvalue weighted by molar-refractivity contribution is -0.133. The predicted molar refractivity (Wildman–Crippen MR) is 124 cm³/mol. The van der Waals surface area contributed by atoms with Gasteiger partial charge in [-0.05, 0) is 42.4 Å². The Morgan fingerprint density at radius 2 is 1.77 bits per heavy atom. The fourth-order valence-corrected chi connectivity index (χ4v) is 4.49. The fraction of sp³-hybridized carbons (Fsp3) is 0.333. The number of hydrogen-bond acceptors (Lipinski definition) is 4. The van der Waals surface area contributed by atoms with E-state index in [1.165, 1.54) is 5.56 Å². The minimum atomic E-state index is 0.162. The van der Waals surface area contributed by atoms with Crippen LogP contribution in [0, 0.1) is 5.92 Å². The maximum Gasteiger partial charge on any atom is 0.242 e. The van der Waals surface area contributed by atoms with Gasteiger partial charge in [0.1, 0.15) is 12.4 Å². The molecule has 162 valence electrons. The third kappa shape index (κ3) is 4.88. The highest BCUT2D eigenvalue weighted by Gasteiger charge is 2.23. The Bertz CT molecular complexity index is 1050. The summed E-state index contributed by atoms with van der Waals surface area (Å²) in [5.41, 5.74) is 5.97. The number of amides is 1. The second kappa shape index (κ2) is 9.66. The van der Waals surface area contributed by atoms with Crippen molar-refractivity contribution in [2.24, 2.45) is 22.7 Å². The molecule has 0 aliphatic carbocycles. The van der Waals surface area contributed by atoms with Crippen LogP contribution in [-0.2, 0) is 24.2 Å². The van der Waals surface area contributed by atoms with Crippen molar-refractivity contribution in [2.45, 2.75) is 32.2 Å². The molecule has 31 heavy (non-hydrogen) atoms. The van der Waals surface area contributed by atoms with Crippen LogP contribution in [0.1, 0.15) is 24.0 Å². The normalized spacial score (nSPS) is 15.4. The molecule has 0 atom stereocenters.